The molecule has 2 aliphatic rings. The Labute approximate surface area is 153 Å². The van der Waals surface area contributed by atoms with Crippen LogP contribution < -0.4 is 0 Å². The number of nitrogens with zero attached hydrogens (tertiary/aromatic N) is 2. The van der Waals surface area contributed by atoms with Crippen LogP contribution in [0.25, 0.3) is 0 Å². The van der Waals surface area contributed by atoms with Gasteiger partial charge in [0.2, 0.25) is 0 Å². The van der Waals surface area contributed by atoms with Gasteiger partial charge in [0.1, 0.15) is 5.60 Å². The lowest BCUT2D eigenvalue weighted by Gasteiger charge is -2.53. The smallest absolute Gasteiger partial charge is 0.254 e. The molecule has 0 bridgehead atoms. The van der Waals surface area contributed by atoms with Crippen LogP contribution >= 0.6 is 0 Å². The van der Waals surface area contributed by atoms with Crippen LogP contribution in [0.1, 0.15) is 34.5 Å². The van der Waals surface area contributed by atoms with Crippen LogP contribution in [0.15, 0.2) is 48.7 Å². The quantitative estimate of drug-likeness (QED) is 0.849. The molecule has 0 saturated carbocycles. The monoisotopic (exact) mass is 352 g/mol. The van der Waals surface area contributed by atoms with E-state index >= 15 is 0 Å². The van der Waals surface area contributed by atoms with Gasteiger partial charge < -0.3 is 14.4 Å². The average Bonchev–Trinajstić information content (AvgIpc) is 2.65. The third-order valence-electron chi connectivity index (χ3n) is 5.18. The van der Waals surface area contributed by atoms with Crippen molar-refractivity contribution >= 4 is 5.91 Å². The van der Waals surface area contributed by atoms with Crippen molar-refractivity contribution < 1.29 is 14.3 Å². The second-order valence-electron chi connectivity index (χ2n) is 7.31. The van der Waals surface area contributed by atoms with E-state index in [1.807, 2.05) is 54.3 Å². The summed E-state index contributed by atoms with van der Waals surface area (Å²) in [5.41, 5.74) is 2.60. The van der Waals surface area contributed by atoms with Gasteiger partial charge in [-0.05, 0) is 37.6 Å². The predicted octanol–water partition coefficient (Wildman–Crippen LogP) is 2.98. The molecule has 0 aliphatic carbocycles. The third kappa shape index (κ3) is 3.64. The fourth-order valence-electron chi connectivity index (χ4n) is 3.70. The highest BCUT2D eigenvalue weighted by Gasteiger charge is 2.49. The molecule has 0 radical (unpaired) electrons. The molecule has 1 amide bonds. The second kappa shape index (κ2) is 7.17. The van der Waals surface area contributed by atoms with Crippen LogP contribution in [0.5, 0.6) is 0 Å². The number of benzene rings is 1. The van der Waals surface area contributed by atoms with E-state index in [0.717, 1.165) is 29.7 Å². The number of likely N-dealkylation sites (tertiary alicyclic amines) is 1. The summed E-state index contributed by atoms with van der Waals surface area (Å²) in [4.78, 5) is 18.8. The molecule has 2 aromatic rings. The lowest BCUT2D eigenvalue weighted by molar-refractivity contribution is -0.188. The molecule has 1 atom stereocenters. The number of ether oxygens (including phenoxy) is 2. The molecule has 136 valence electrons. The zero-order chi connectivity index (χ0) is 18.0. The van der Waals surface area contributed by atoms with Crippen molar-refractivity contribution in [3.05, 3.63) is 65.5 Å². The SMILES string of the molecule is Cc1ccc(C(=O)N2CC3(C[C@H](OCc4ccccn4)CCO3)C2)cc1. The maximum atomic E-state index is 12.6. The first-order valence-electron chi connectivity index (χ1n) is 9.15. The van der Waals surface area contributed by atoms with E-state index in [-0.39, 0.29) is 17.6 Å². The first kappa shape index (κ1) is 17.2. The normalized spacial score (nSPS) is 21.4. The maximum Gasteiger partial charge on any atom is 0.254 e. The van der Waals surface area contributed by atoms with Crippen molar-refractivity contribution in [3.63, 3.8) is 0 Å². The first-order valence-corrected chi connectivity index (χ1v) is 9.15. The van der Waals surface area contributed by atoms with Crippen molar-refractivity contribution in [1.82, 2.24) is 9.88 Å². The second-order valence-corrected chi connectivity index (χ2v) is 7.31. The lowest BCUT2D eigenvalue weighted by atomic mass is 9.84. The van der Waals surface area contributed by atoms with E-state index < -0.39 is 0 Å². The number of rotatable bonds is 4. The van der Waals surface area contributed by atoms with Crippen molar-refractivity contribution in [3.8, 4) is 0 Å². The Morgan fingerprint density at radius 3 is 2.81 bits per heavy atom. The molecule has 2 saturated heterocycles. The number of amides is 1. The zero-order valence-electron chi connectivity index (χ0n) is 15.1. The van der Waals surface area contributed by atoms with E-state index in [1.165, 1.54) is 0 Å². The topological polar surface area (TPSA) is 51.7 Å². The minimum Gasteiger partial charge on any atom is -0.372 e. The largest absolute Gasteiger partial charge is 0.372 e. The van der Waals surface area contributed by atoms with Gasteiger partial charge in [0.15, 0.2) is 0 Å². The van der Waals surface area contributed by atoms with Gasteiger partial charge in [0.05, 0.1) is 31.5 Å². The van der Waals surface area contributed by atoms with Crippen molar-refractivity contribution in [1.29, 1.82) is 0 Å². The molecular formula is C21H24N2O3. The summed E-state index contributed by atoms with van der Waals surface area (Å²) in [5, 5.41) is 0. The van der Waals surface area contributed by atoms with Gasteiger partial charge in [0, 0.05) is 24.8 Å². The molecule has 5 heteroatoms. The fraction of sp³-hybridized carbons (Fsp3) is 0.429. The summed E-state index contributed by atoms with van der Waals surface area (Å²) in [7, 11) is 0. The summed E-state index contributed by atoms with van der Waals surface area (Å²) in [5.74, 6) is 0.0794. The number of carbonyl (C=O) groups excluding carboxylic acids is 1. The lowest BCUT2D eigenvalue weighted by Crippen LogP contribution is -2.67. The molecule has 3 heterocycles. The highest BCUT2D eigenvalue weighted by Crippen LogP contribution is 2.36. The highest BCUT2D eigenvalue weighted by molar-refractivity contribution is 5.95. The zero-order valence-corrected chi connectivity index (χ0v) is 15.1. The van der Waals surface area contributed by atoms with Crippen LogP contribution in [0.4, 0.5) is 0 Å². The van der Waals surface area contributed by atoms with Crippen LogP contribution in [0.3, 0.4) is 0 Å². The van der Waals surface area contributed by atoms with Crippen molar-refractivity contribution in [2.45, 2.75) is 38.1 Å². The van der Waals surface area contributed by atoms with E-state index in [2.05, 4.69) is 4.98 Å². The third-order valence-corrected chi connectivity index (χ3v) is 5.18. The van der Waals surface area contributed by atoms with Crippen LogP contribution in [0.2, 0.25) is 0 Å². The maximum absolute atomic E-state index is 12.6. The molecule has 5 nitrogen and oxygen atoms in total. The van der Waals surface area contributed by atoms with E-state index in [4.69, 9.17) is 9.47 Å². The molecule has 1 aromatic heterocycles. The molecule has 0 unspecified atom stereocenters. The fourth-order valence-corrected chi connectivity index (χ4v) is 3.70. The standard InChI is InChI=1S/C21H24N2O3/c1-16-5-7-17(8-6-16)20(24)23-14-21(15-23)12-19(9-11-26-21)25-13-18-4-2-3-10-22-18/h2-8,10,19H,9,11-15H2,1H3/t19-/m1/s1. The Kier molecular flexibility index (Phi) is 4.74. The minimum atomic E-state index is -0.243. The van der Waals surface area contributed by atoms with E-state index in [1.54, 1.807) is 6.20 Å². The minimum absolute atomic E-state index is 0.0794. The summed E-state index contributed by atoms with van der Waals surface area (Å²) in [6, 6.07) is 13.6. The predicted molar refractivity (Wildman–Crippen MR) is 97.8 cm³/mol. The van der Waals surface area contributed by atoms with Gasteiger partial charge in [-0.2, -0.15) is 0 Å². The Balaban J connectivity index is 1.31. The Bertz CT molecular complexity index is 755. The number of hydrogen-bond acceptors (Lipinski definition) is 4. The Morgan fingerprint density at radius 2 is 2.08 bits per heavy atom. The molecule has 0 N–H and O–H groups in total. The molecule has 2 fully saturated rings. The number of hydrogen-bond donors (Lipinski definition) is 0. The van der Waals surface area contributed by atoms with Gasteiger partial charge in [-0.15, -0.1) is 0 Å². The van der Waals surface area contributed by atoms with Crippen LogP contribution in [-0.2, 0) is 16.1 Å². The summed E-state index contributed by atoms with van der Waals surface area (Å²) in [6.07, 6.45) is 3.66. The summed E-state index contributed by atoms with van der Waals surface area (Å²) in [6.45, 7) is 4.51. The summed E-state index contributed by atoms with van der Waals surface area (Å²) < 4.78 is 12.1. The molecular weight excluding hydrogens is 328 g/mol. The van der Waals surface area contributed by atoms with Gasteiger partial charge in [-0.3, -0.25) is 9.78 Å². The number of carbonyl (C=O) groups is 1. The van der Waals surface area contributed by atoms with Gasteiger partial charge in [-0.25, -0.2) is 0 Å². The molecule has 2 aliphatic heterocycles. The molecule has 1 aromatic carbocycles. The Morgan fingerprint density at radius 1 is 1.27 bits per heavy atom. The van der Waals surface area contributed by atoms with Crippen molar-refractivity contribution in [2.75, 3.05) is 19.7 Å². The highest BCUT2D eigenvalue weighted by atomic mass is 16.5. The Hall–Kier alpha value is -2.24. The van der Waals surface area contributed by atoms with Crippen LogP contribution in [-0.4, -0.2) is 47.2 Å². The van der Waals surface area contributed by atoms with E-state index in [9.17, 15) is 4.79 Å². The van der Waals surface area contributed by atoms with Gasteiger partial charge in [-0.1, -0.05) is 23.8 Å². The number of pyridine rings is 1. The number of aromatic nitrogens is 1. The van der Waals surface area contributed by atoms with Gasteiger partial charge >= 0.3 is 0 Å². The van der Waals surface area contributed by atoms with Crippen LogP contribution in [0, 0.1) is 6.92 Å². The average molecular weight is 352 g/mol. The molecule has 1 spiro atoms. The first-order chi connectivity index (χ1) is 12.6. The summed E-state index contributed by atoms with van der Waals surface area (Å²) >= 11 is 0. The van der Waals surface area contributed by atoms with Gasteiger partial charge in [0.25, 0.3) is 5.91 Å². The van der Waals surface area contributed by atoms with E-state index in [0.29, 0.717) is 26.3 Å². The number of aryl methyl sites for hydroxylation is 1. The van der Waals surface area contributed by atoms with Crippen molar-refractivity contribution in [2.24, 2.45) is 0 Å². The molecule has 4 rings (SSSR count). The molecule has 26 heavy (non-hydrogen) atoms.